The van der Waals surface area contributed by atoms with Gasteiger partial charge in [0.15, 0.2) is 5.11 Å². The molecule has 1 saturated heterocycles. The molecule has 7 heteroatoms. The van der Waals surface area contributed by atoms with Gasteiger partial charge in [-0.25, -0.2) is 4.90 Å². The van der Waals surface area contributed by atoms with E-state index in [1.54, 1.807) is 30.1 Å². The van der Waals surface area contributed by atoms with E-state index in [1.165, 1.54) is 4.90 Å². The zero-order valence-corrected chi connectivity index (χ0v) is 14.7. The molecule has 1 N–H and O–H groups in total. The lowest BCUT2D eigenvalue weighted by Gasteiger charge is -2.11. The van der Waals surface area contributed by atoms with Crippen molar-refractivity contribution in [2.24, 2.45) is 7.05 Å². The second kappa shape index (κ2) is 6.59. The summed E-state index contributed by atoms with van der Waals surface area (Å²) in [5.74, 6) is -0.254. The summed E-state index contributed by atoms with van der Waals surface area (Å²) in [6.45, 7) is 1.83. The molecule has 1 aromatic carbocycles. The molecular weight excluding hydrogens is 344 g/mol. The van der Waals surface area contributed by atoms with Crippen molar-refractivity contribution in [1.82, 2.24) is 15.1 Å². The van der Waals surface area contributed by atoms with Gasteiger partial charge in [0.1, 0.15) is 5.70 Å². The van der Waals surface area contributed by atoms with Crippen molar-refractivity contribution in [3.63, 3.8) is 0 Å². The standard InChI is InChI=1S/C17H15ClN4OS/c1-11-15(10-21(2)20-11)22-16(23)14(19-17(22)24)9-13(18)8-12-6-4-3-5-7-12/h3-10H,1-2H3,(H,19,24)/b13-8-,14-9+. The Balaban J connectivity index is 1.88. The second-order valence-corrected chi connectivity index (χ2v) is 6.17. The SMILES string of the molecule is Cc1nn(C)cc1N1C(=O)/C(=C\C(Cl)=C\c2ccccc2)NC1=S. The molecule has 1 fully saturated rings. The predicted octanol–water partition coefficient (Wildman–Crippen LogP) is 3.11. The molecule has 0 spiro atoms. The molecule has 1 aromatic heterocycles. The molecule has 1 aliphatic rings. The van der Waals surface area contributed by atoms with Gasteiger partial charge in [0.05, 0.1) is 11.4 Å². The van der Waals surface area contributed by atoms with E-state index in [0.29, 0.717) is 21.5 Å². The molecule has 1 amide bonds. The molecule has 3 rings (SSSR count). The Morgan fingerprint density at radius 2 is 2.04 bits per heavy atom. The molecule has 0 atom stereocenters. The third-order valence-corrected chi connectivity index (χ3v) is 4.00. The van der Waals surface area contributed by atoms with Gasteiger partial charge >= 0.3 is 0 Å². The molecule has 2 heterocycles. The molecule has 0 saturated carbocycles. The van der Waals surface area contributed by atoms with Crippen LogP contribution in [0.2, 0.25) is 0 Å². The van der Waals surface area contributed by atoms with Crippen molar-refractivity contribution in [2.45, 2.75) is 6.92 Å². The summed E-state index contributed by atoms with van der Waals surface area (Å²) in [6.07, 6.45) is 5.12. The topological polar surface area (TPSA) is 50.2 Å². The molecule has 0 radical (unpaired) electrons. The molecule has 5 nitrogen and oxygen atoms in total. The summed E-state index contributed by atoms with van der Waals surface area (Å²) in [5, 5.41) is 7.90. The van der Waals surface area contributed by atoms with Gasteiger partial charge in [0.2, 0.25) is 0 Å². The number of hydrogen-bond acceptors (Lipinski definition) is 3. The first kappa shape index (κ1) is 16.4. The Bertz CT molecular complexity index is 870. The van der Waals surface area contributed by atoms with Crippen LogP contribution in [0.5, 0.6) is 0 Å². The van der Waals surface area contributed by atoms with Gasteiger partial charge < -0.3 is 5.32 Å². The van der Waals surface area contributed by atoms with Crippen LogP contribution < -0.4 is 10.2 Å². The van der Waals surface area contributed by atoms with Gasteiger partial charge in [-0.15, -0.1) is 0 Å². The lowest BCUT2D eigenvalue weighted by atomic mass is 10.2. The number of amides is 1. The molecule has 2 aromatic rings. The number of allylic oxidation sites excluding steroid dienone is 2. The third-order valence-electron chi connectivity index (χ3n) is 3.49. The van der Waals surface area contributed by atoms with Gasteiger partial charge in [-0.05, 0) is 36.9 Å². The fraction of sp³-hybridized carbons (Fsp3) is 0.118. The number of benzene rings is 1. The van der Waals surface area contributed by atoms with Crippen molar-refractivity contribution >= 4 is 46.6 Å². The maximum absolute atomic E-state index is 12.7. The van der Waals surface area contributed by atoms with Crippen LogP contribution in [-0.4, -0.2) is 20.8 Å². The molecule has 122 valence electrons. The highest BCUT2D eigenvalue weighted by atomic mass is 35.5. The van der Waals surface area contributed by atoms with Crippen LogP contribution in [-0.2, 0) is 11.8 Å². The molecular formula is C17H15ClN4OS. The van der Waals surface area contributed by atoms with Crippen LogP contribution in [0.25, 0.3) is 6.08 Å². The van der Waals surface area contributed by atoms with Gasteiger partial charge in [0, 0.05) is 18.3 Å². The van der Waals surface area contributed by atoms with Crippen LogP contribution >= 0.6 is 23.8 Å². The first-order chi connectivity index (χ1) is 11.5. The smallest absolute Gasteiger partial charge is 0.281 e. The van der Waals surface area contributed by atoms with Gasteiger partial charge in [-0.3, -0.25) is 9.48 Å². The fourth-order valence-electron chi connectivity index (χ4n) is 2.45. The highest BCUT2D eigenvalue weighted by Crippen LogP contribution is 2.25. The first-order valence-electron chi connectivity index (χ1n) is 7.25. The van der Waals surface area contributed by atoms with Crippen molar-refractivity contribution in [3.05, 3.63) is 64.6 Å². The number of aryl methyl sites for hydroxylation is 2. The number of halogens is 1. The average molecular weight is 359 g/mol. The predicted molar refractivity (Wildman–Crippen MR) is 99.5 cm³/mol. The normalized spacial score (nSPS) is 16.9. The Hall–Kier alpha value is -2.44. The van der Waals surface area contributed by atoms with Crippen LogP contribution in [0.3, 0.4) is 0 Å². The zero-order chi connectivity index (χ0) is 17.3. The highest BCUT2D eigenvalue weighted by molar-refractivity contribution is 7.80. The number of hydrogen-bond donors (Lipinski definition) is 1. The Labute approximate surface area is 150 Å². The van der Waals surface area contributed by atoms with Gasteiger partial charge in [-0.1, -0.05) is 41.9 Å². The number of anilines is 1. The summed E-state index contributed by atoms with van der Waals surface area (Å²) in [5.41, 5.74) is 2.67. The minimum atomic E-state index is -0.254. The number of nitrogens with one attached hydrogen (secondary N) is 1. The molecule has 0 aliphatic carbocycles. The van der Waals surface area contributed by atoms with Gasteiger partial charge in [0.25, 0.3) is 5.91 Å². The molecule has 24 heavy (non-hydrogen) atoms. The van der Waals surface area contributed by atoms with E-state index in [4.69, 9.17) is 23.8 Å². The summed E-state index contributed by atoms with van der Waals surface area (Å²) in [6, 6.07) is 9.63. The molecule has 0 unspecified atom stereocenters. The monoisotopic (exact) mass is 358 g/mol. The fourth-order valence-corrected chi connectivity index (χ4v) is 2.97. The molecule has 0 bridgehead atoms. The number of aromatic nitrogens is 2. The van der Waals surface area contributed by atoms with E-state index < -0.39 is 0 Å². The Morgan fingerprint density at radius 3 is 2.67 bits per heavy atom. The van der Waals surface area contributed by atoms with E-state index >= 15 is 0 Å². The maximum Gasteiger partial charge on any atom is 0.281 e. The molecule has 1 aliphatic heterocycles. The summed E-state index contributed by atoms with van der Waals surface area (Å²) < 4.78 is 1.64. The van der Waals surface area contributed by atoms with Crippen molar-refractivity contribution < 1.29 is 4.79 Å². The second-order valence-electron chi connectivity index (χ2n) is 5.34. The summed E-state index contributed by atoms with van der Waals surface area (Å²) >= 11 is 11.5. The quantitative estimate of drug-likeness (QED) is 0.676. The lowest BCUT2D eigenvalue weighted by molar-refractivity contribution is -0.113. The first-order valence-corrected chi connectivity index (χ1v) is 8.04. The van der Waals surface area contributed by atoms with Crippen molar-refractivity contribution in [2.75, 3.05) is 4.90 Å². The van der Waals surface area contributed by atoms with Crippen LogP contribution in [0.1, 0.15) is 11.3 Å². The summed E-state index contributed by atoms with van der Waals surface area (Å²) in [7, 11) is 1.80. The Kier molecular flexibility index (Phi) is 4.51. The number of thiocarbonyl (C=S) groups is 1. The number of carbonyl (C=O) groups is 1. The zero-order valence-electron chi connectivity index (χ0n) is 13.2. The van der Waals surface area contributed by atoms with E-state index in [9.17, 15) is 4.79 Å². The van der Waals surface area contributed by atoms with Crippen LogP contribution in [0.4, 0.5) is 5.69 Å². The van der Waals surface area contributed by atoms with Gasteiger partial charge in [-0.2, -0.15) is 5.10 Å². The van der Waals surface area contributed by atoms with Crippen LogP contribution in [0, 0.1) is 6.92 Å². The highest BCUT2D eigenvalue weighted by Gasteiger charge is 2.33. The minimum absolute atomic E-state index is 0.254. The van der Waals surface area contributed by atoms with Crippen molar-refractivity contribution in [3.8, 4) is 0 Å². The number of rotatable bonds is 3. The third kappa shape index (κ3) is 3.25. The van der Waals surface area contributed by atoms with E-state index in [2.05, 4.69) is 10.4 Å². The van der Waals surface area contributed by atoms with Crippen LogP contribution in [0.15, 0.2) is 53.3 Å². The average Bonchev–Trinajstić information content (AvgIpc) is 2.99. The number of nitrogens with zero attached hydrogens (tertiary/aromatic N) is 3. The van der Waals surface area contributed by atoms with E-state index in [0.717, 1.165) is 11.3 Å². The van der Waals surface area contributed by atoms with E-state index in [1.807, 2.05) is 37.3 Å². The van der Waals surface area contributed by atoms with E-state index in [-0.39, 0.29) is 5.91 Å². The largest absolute Gasteiger partial charge is 0.327 e. The maximum atomic E-state index is 12.7. The summed E-state index contributed by atoms with van der Waals surface area (Å²) in [4.78, 5) is 14.1. The minimum Gasteiger partial charge on any atom is -0.327 e. The number of carbonyl (C=O) groups excluding carboxylic acids is 1. The Morgan fingerprint density at radius 1 is 1.33 bits per heavy atom. The lowest BCUT2D eigenvalue weighted by Crippen LogP contribution is -2.30. The van der Waals surface area contributed by atoms with Crippen molar-refractivity contribution in [1.29, 1.82) is 0 Å².